The summed E-state index contributed by atoms with van der Waals surface area (Å²) in [5.74, 6) is -1.43. The number of aliphatic hydroxyl groups is 1. The van der Waals surface area contributed by atoms with Crippen LogP contribution in [0, 0.1) is 5.92 Å². The van der Waals surface area contributed by atoms with Crippen molar-refractivity contribution in [2.75, 3.05) is 6.54 Å². The van der Waals surface area contributed by atoms with Crippen LogP contribution in [0.3, 0.4) is 0 Å². The van der Waals surface area contributed by atoms with Crippen molar-refractivity contribution in [3.8, 4) is 0 Å². The number of nitrogens with zero attached hydrogens (tertiary/aromatic N) is 1. The lowest BCUT2D eigenvalue weighted by molar-refractivity contribution is -0.220. The number of hydroxylamine groups is 2. The van der Waals surface area contributed by atoms with Gasteiger partial charge in [-0.05, 0) is 6.42 Å². The summed E-state index contributed by atoms with van der Waals surface area (Å²) in [4.78, 5) is 10.4. The van der Waals surface area contributed by atoms with E-state index in [0.29, 0.717) is 6.42 Å². The van der Waals surface area contributed by atoms with Crippen molar-refractivity contribution in [2.45, 2.75) is 19.1 Å². The Bertz CT molecular complexity index is 161. The van der Waals surface area contributed by atoms with Gasteiger partial charge in [-0.2, -0.15) is 5.06 Å². The first kappa shape index (κ1) is 8.45. The number of aliphatic carboxylic acids is 1. The molecule has 11 heavy (non-hydrogen) atoms. The molecular weight excluding hydrogens is 150 g/mol. The Kier molecular flexibility index (Phi) is 2.43. The standard InChI is InChI=1S/C6H11NO4/c8-5-3-4(6(9)10)1-2-7(5)11/h4-5,8,11H,1-3H2,(H,9,10). The summed E-state index contributed by atoms with van der Waals surface area (Å²) in [6, 6.07) is 0. The van der Waals surface area contributed by atoms with E-state index >= 15 is 0 Å². The fourth-order valence-corrected chi connectivity index (χ4v) is 1.16. The highest BCUT2D eigenvalue weighted by atomic mass is 16.5. The van der Waals surface area contributed by atoms with Crippen molar-refractivity contribution in [1.82, 2.24) is 5.06 Å². The summed E-state index contributed by atoms with van der Waals surface area (Å²) < 4.78 is 0. The first-order valence-corrected chi connectivity index (χ1v) is 3.47. The van der Waals surface area contributed by atoms with E-state index < -0.39 is 18.1 Å². The van der Waals surface area contributed by atoms with E-state index in [1.165, 1.54) is 0 Å². The minimum absolute atomic E-state index is 0.103. The minimum Gasteiger partial charge on any atom is -0.481 e. The Balaban J connectivity index is 2.46. The summed E-state index contributed by atoms with van der Waals surface area (Å²) in [7, 11) is 0. The lowest BCUT2D eigenvalue weighted by Gasteiger charge is -2.29. The minimum atomic E-state index is -1.02. The van der Waals surface area contributed by atoms with E-state index in [1.807, 2.05) is 0 Å². The topological polar surface area (TPSA) is 81.0 Å². The van der Waals surface area contributed by atoms with Gasteiger partial charge in [-0.1, -0.05) is 0 Å². The maximum Gasteiger partial charge on any atom is 0.306 e. The monoisotopic (exact) mass is 161 g/mol. The Labute approximate surface area is 63.8 Å². The molecule has 0 aromatic rings. The van der Waals surface area contributed by atoms with Crippen molar-refractivity contribution in [2.24, 2.45) is 5.92 Å². The molecule has 1 heterocycles. The van der Waals surface area contributed by atoms with E-state index in [0.717, 1.165) is 5.06 Å². The van der Waals surface area contributed by atoms with E-state index in [1.54, 1.807) is 0 Å². The normalized spacial score (nSPS) is 33.6. The number of aliphatic hydroxyl groups excluding tert-OH is 1. The van der Waals surface area contributed by atoms with Gasteiger partial charge in [0.05, 0.1) is 5.92 Å². The van der Waals surface area contributed by atoms with Gasteiger partial charge < -0.3 is 15.4 Å². The van der Waals surface area contributed by atoms with Crippen LogP contribution >= 0.6 is 0 Å². The third-order valence-corrected chi connectivity index (χ3v) is 1.90. The van der Waals surface area contributed by atoms with E-state index in [4.69, 9.17) is 15.4 Å². The second-order valence-corrected chi connectivity index (χ2v) is 2.70. The van der Waals surface area contributed by atoms with Crippen molar-refractivity contribution in [3.63, 3.8) is 0 Å². The molecule has 2 atom stereocenters. The molecule has 64 valence electrons. The predicted octanol–water partition coefficient (Wildman–Crippen LogP) is -0.509. The third-order valence-electron chi connectivity index (χ3n) is 1.90. The molecule has 0 radical (unpaired) electrons. The number of carboxylic acid groups (broad SMARTS) is 1. The smallest absolute Gasteiger partial charge is 0.306 e. The van der Waals surface area contributed by atoms with Crippen LogP contribution in [0.4, 0.5) is 0 Å². The molecule has 1 rings (SSSR count). The fourth-order valence-electron chi connectivity index (χ4n) is 1.16. The number of carboxylic acids is 1. The zero-order valence-corrected chi connectivity index (χ0v) is 5.97. The summed E-state index contributed by atoms with van der Waals surface area (Å²) in [5, 5.41) is 27.2. The van der Waals surface area contributed by atoms with Crippen LogP contribution in [0.2, 0.25) is 0 Å². The molecule has 0 amide bonds. The van der Waals surface area contributed by atoms with Crippen LogP contribution in [-0.4, -0.2) is 39.2 Å². The van der Waals surface area contributed by atoms with E-state index in [9.17, 15) is 4.79 Å². The highest BCUT2D eigenvalue weighted by Gasteiger charge is 2.29. The molecule has 0 saturated carbocycles. The van der Waals surface area contributed by atoms with Crippen LogP contribution in [0.25, 0.3) is 0 Å². The molecule has 0 aromatic carbocycles. The van der Waals surface area contributed by atoms with Crippen molar-refractivity contribution >= 4 is 5.97 Å². The number of carbonyl (C=O) groups is 1. The first-order chi connectivity index (χ1) is 5.11. The van der Waals surface area contributed by atoms with Gasteiger partial charge in [-0.25, -0.2) is 0 Å². The maximum absolute atomic E-state index is 10.4. The molecule has 1 saturated heterocycles. The summed E-state index contributed by atoms with van der Waals surface area (Å²) >= 11 is 0. The molecule has 5 nitrogen and oxygen atoms in total. The van der Waals surface area contributed by atoms with Crippen LogP contribution in [0.1, 0.15) is 12.8 Å². The van der Waals surface area contributed by atoms with E-state index in [-0.39, 0.29) is 13.0 Å². The molecule has 1 aliphatic heterocycles. The van der Waals surface area contributed by atoms with Gasteiger partial charge in [-0.3, -0.25) is 4.79 Å². The third kappa shape index (κ3) is 1.89. The molecule has 1 aliphatic rings. The molecule has 0 spiro atoms. The highest BCUT2D eigenvalue weighted by Crippen LogP contribution is 2.19. The average molecular weight is 161 g/mol. The summed E-state index contributed by atoms with van der Waals surface area (Å²) in [6.45, 7) is 0.220. The van der Waals surface area contributed by atoms with Gasteiger partial charge >= 0.3 is 5.97 Å². The van der Waals surface area contributed by atoms with Crippen LogP contribution in [0.5, 0.6) is 0 Å². The van der Waals surface area contributed by atoms with Gasteiger partial charge in [0.25, 0.3) is 0 Å². The van der Waals surface area contributed by atoms with Gasteiger partial charge in [-0.15, -0.1) is 0 Å². The first-order valence-electron chi connectivity index (χ1n) is 3.47. The number of hydrogen-bond donors (Lipinski definition) is 3. The van der Waals surface area contributed by atoms with Gasteiger partial charge in [0.2, 0.25) is 0 Å². The molecule has 0 aliphatic carbocycles. The Morgan fingerprint density at radius 2 is 2.18 bits per heavy atom. The van der Waals surface area contributed by atoms with Crippen molar-refractivity contribution in [3.05, 3.63) is 0 Å². The summed E-state index contributed by atoms with van der Waals surface area (Å²) in [6.07, 6.45) is -0.529. The molecule has 1 fully saturated rings. The molecule has 3 N–H and O–H groups in total. The SMILES string of the molecule is O=C(O)C1CCN(O)C(O)C1. The molecule has 0 aromatic heterocycles. The van der Waals surface area contributed by atoms with Crippen LogP contribution < -0.4 is 0 Å². The molecule has 2 unspecified atom stereocenters. The Hall–Kier alpha value is -0.650. The van der Waals surface area contributed by atoms with Gasteiger partial charge in [0.15, 0.2) is 0 Å². The number of hydrogen-bond acceptors (Lipinski definition) is 4. The maximum atomic E-state index is 10.4. The predicted molar refractivity (Wildman–Crippen MR) is 34.9 cm³/mol. The lowest BCUT2D eigenvalue weighted by Crippen LogP contribution is -2.42. The number of rotatable bonds is 1. The van der Waals surface area contributed by atoms with Crippen molar-refractivity contribution in [1.29, 1.82) is 0 Å². The quantitative estimate of drug-likeness (QED) is 0.482. The van der Waals surface area contributed by atoms with Gasteiger partial charge in [0, 0.05) is 13.0 Å². The second-order valence-electron chi connectivity index (χ2n) is 2.70. The van der Waals surface area contributed by atoms with Gasteiger partial charge in [0.1, 0.15) is 6.23 Å². The fraction of sp³-hybridized carbons (Fsp3) is 0.833. The molecule has 5 heteroatoms. The number of piperidine rings is 1. The highest BCUT2D eigenvalue weighted by molar-refractivity contribution is 5.70. The lowest BCUT2D eigenvalue weighted by atomic mass is 9.97. The zero-order chi connectivity index (χ0) is 8.43. The molecular formula is C6H11NO4. The summed E-state index contributed by atoms with van der Waals surface area (Å²) in [5.41, 5.74) is 0. The largest absolute Gasteiger partial charge is 0.481 e. The van der Waals surface area contributed by atoms with E-state index in [2.05, 4.69) is 0 Å². The molecule has 0 bridgehead atoms. The van der Waals surface area contributed by atoms with Crippen molar-refractivity contribution < 1.29 is 20.2 Å². The Morgan fingerprint density at radius 1 is 1.55 bits per heavy atom. The average Bonchev–Trinajstić information content (AvgIpc) is 1.94. The zero-order valence-electron chi connectivity index (χ0n) is 5.97. The van der Waals surface area contributed by atoms with Crippen LogP contribution in [0.15, 0.2) is 0 Å². The Morgan fingerprint density at radius 3 is 2.64 bits per heavy atom. The van der Waals surface area contributed by atoms with Crippen LogP contribution in [-0.2, 0) is 4.79 Å². The second kappa shape index (κ2) is 3.17.